The minimum atomic E-state index is 0.0373. The molecule has 1 aromatic heterocycles. The van der Waals surface area contributed by atoms with Crippen LogP contribution in [0.4, 0.5) is 0 Å². The van der Waals surface area contributed by atoms with Gasteiger partial charge in [-0.15, -0.1) is 0 Å². The van der Waals surface area contributed by atoms with Crippen molar-refractivity contribution < 1.29 is 9.53 Å². The molecular formula is C21H27N3O2. The van der Waals surface area contributed by atoms with Crippen LogP contribution in [0.25, 0.3) is 5.69 Å². The van der Waals surface area contributed by atoms with Crippen LogP contribution in [0, 0.1) is 0 Å². The Labute approximate surface area is 154 Å². The minimum absolute atomic E-state index is 0.0373. The molecule has 0 spiro atoms. The predicted octanol–water partition coefficient (Wildman–Crippen LogP) is 4.21. The molecule has 1 amide bonds. The number of amides is 1. The highest BCUT2D eigenvalue weighted by molar-refractivity contribution is 5.95. The Hall–Kier alpha value is -2.30. The van der Waals surface area contributed by atoms with Crippen LogP contribution >= 0.6 is 0 Å². The van der Waals surface area contributed by atoms with Gasteiger partial charge >= 0.3 is 0 Å². The first kappa shape index (κ1) is 17.1. The summed E-state index contributed by atoms with van der Waals surface area (Å²) >= 11 is 0. The van der Waals surface area contributed by atoms with Crippen molar-refractivity contribution >= 4 is 5.91 Å². The van der Waals surface area contributed by atoms with E-state index in [-0.39, 0.29) is 5.91 Å². The number of rotatable bonds is 5. The molecule has 4 rings (SSSR count). The van der Waals surface area contributed by atoms with E-state index in [1.165, 1.54) is 25.7 Å². The summed E-state index contributed by atoms with van der Waals surface area (Å²) in [6, 6.07) is 10.6. The number of carbonyl (C=O) groups is 1. The number of ether oxygens (including phenoxy) is 1. The van der Waals surface area contributed by atoms with E-state index in [9.17, 15) is 4.79 Å². The molecule has 0 saturated heterocycles. The molecule has 2 aliphatic carbocycles. The Balaban J connectivity index is 1.67. The molecule has 26 heavy (non-hydrogen) atoms. The van der Waals surface area contributed by atoms with E-state index >= 15 is 0 Å². The average molecular weight is 353 g/mol. The van der Waals surface area contributed by atoms with Gasteiger partial charge in [0.25, 0.3) is 5.91 Å². The first-order chi connectivity index (χ1) is 12.8. The highest BCUT2D eigenvalue weighted by Crippen LogP contribution is 2.34. The summed E-state index contributed by atoms with van der Waals surface area (Å²) in [4.78, 5) is 15.7. The summed E-state index contributed by atoms with van der Waals surface area (Å²) in [5.41, 5.74) is 1.37. The van der Waals surface area contributed by atoms with Gasteiger partial charge in [0.05, 0.1) is 19.0 Å². The SMILES string of the molecule is COc1cn(-c2ccccc2)nc1C(=O)N(C1CCCC1)C1CCCC1. The monoisotopic (exact) mass is 353 g/mol. The maximum absolute atomic E-state index is 13.5. The molecule has 0 N–H and O–H groups in total. The van der Waals surface area contributed by atoms with Crippen molar-refractivity contribution in [3.8, 4) is 11.4 Å². The fourth-order valence-corrected chi connectivity index (χ4v) is 4.49. The molecule has 1 aromatic carbocycles. The summed E-state index contributed by atoms with van der Waals surface area (Å²) in [5, 5.41) is 4.62. The molecule has 2 saturated carbocycles. The van der Waals surface area contributed by atoms with Crippen molar-refractivity contribution in [2.75, 3.05) is 7.11 Å². The molecule has 5 nitrogen and oxygen atoms in total. The van der Waals surface area contributed by atoms with Crippen LogP contribution in [0.1, 0.15) is 61.9 Å². The predicted molar refractivity (Wildman–Crippen MR) is 101 cm³/mol. The van der Waals surface area contributed by atoms with Gasteiger partial charge in [0.15, 0.2) is 11.4 Å². The van der Waals surface area contributed by atoms with E-state index in [1.54, 1.807) is 11.8 Å². The average Bonchev–Trinajstić information content (AvgIpc) is 3.44. The van der Waals surface area contributed by atoms with Crippen molar-refractivity contribution in [1.82, 2.24) is 14.7 Å². The lowest BCUT2D eigenvalue weighted by molar-refractivity contribution is 0.0570. The fraction of sp³-hybridized carbons (Fsp3) is 0.524. The normalized spacial score (nSPS) is 18.3. The topological polar surface area (TPSA) is 47.4 Å². The van der Waals surface area contributed by atoms with Crippen LogP contribution < -0.4 is 4.74 Å². The van der Waals surface area contributed by atoms with Gasteiger partial charge in [-0.2, -0.15) is 5.10 Å². The van der Waals surface area contributed by atoms with Crippen LogP contribution in [0.5, 0.6) is 5.75 Å². The quantitative estimate of drug-likeness (QED) is 0.809. The second-order valence-corrected chi connectivity index (χ2v) is 7.42. The van der Waals surface area contributed by atoms with Crippen molar-refractivity contribution in [3.63, 3.8) is 0 Å². The zero-order chi connectivity index (χ0) is 17.9. The Bertz CT molecular complexity index is 728. The van der Waals surface area contributed by atoms with Crippen LogP contribution in [0.15, 0.2) is 36.5 Å². The Morgan fingerprint density at radius 2 is 1.62 bits per heavy atom. The van der Waals surface area contributed by atoms with Gasteiger partial charge in [-0.1, -0.05) is 43.9 Å². The molecule has 0 bridgehead atoms. The zero-order valence-electron chi connectivity index (χ0n) is 15.4. The summed E-state index contributed by atoms with van der Waals surface area (Å²) in [6.45, 7) is 0. The first-order valence-electron chi connectivity index (χ1n) is 9.79. The zero-order valence-corrected chi connectivity index (χ0v) is 15.4. The van der Waals surface area contributed by atoms with E-state index in [4.69, 9.17) is 4.74 Å². The Morgan fingerprint density at radius 3 is 2.15 bits per heavy atom. The lowest BCUT2D eigenvalue weighted by Gasteiger charge is -2.34. The molecule has 0 atom stereocenters. The first-order valence-corrected chi connectivity index (χ1v) is 9.79. The van der Waals surface area contributed by atoms with Gasteiger partial charge < -0.3 is 9.64 Å². The summed E-state index contributed by atoms with van der Waals surface area (Å²) in [7, 11) is 1.61. The highest BCUT2D eigenvalue weighted by atomic mass is 16.5. The number of hydrogen-bond donors (Lipinski definition) is 0. The van der Waals surface area contributed by atoms with Crippen molar-refractivity contribution in [3.05, 3.63) is 42.2 Å². The fourth-order valence-electron chi connectivity index (χ4n) is 4.49. The minimum Gasteiger partial charge on any atom is -0.493 e. The molecule has 0 unspecified atom stereocenters. The Kier molecular flexibility index (Phi) is 4.96. The molecule has 0 radical (unpaired) electrons. The standard InChI is InChI=1S/C21H27N3O2/c1-26-19-15-23(16-9-3-2-4-10-16)22-20(19)21(25)24(17-11-5-6-12-17)18-13-7-8-14-18/h2-4,9-10,15,17-18H,5-8,11-14H2,1H3. The van der Waals surface area contributed by atoms with Crippen LogP contribution in [-0.4, -0.2) is 39.8 Å². The summed E-state index contributed by atoms with van der Waals surface area (Å²) < 4.78 is 7.26. The third kappa shape index (κ3) is 3.22. The van der Waals surface area contributed by atoms with Crippen molar-refractivity contribution in [2.45, 2.75) is 63.5 Å². The molecule has 1 heterocycles. The molecule has 2 aliphatic rings. The van der Waals surface area contributed by atoms with Gasteiger partial charge in [-0.05, 0) is 37.8 Å². The van der Waals surface area contributed by atoms with Crippen LogP contribution in [-0.2, 0) is 0 Å². The third-order valence-corrected chi connectivity index (χ3v) is 5.79. The van der Waals surface area contributed by atoms with Gasteiger partial charge in [0.1, 0.15) is 0 Å². The second kappa shape index (κ2) is 7.52. The number of benzene rings is 1. The molecule has 0 aliphatic heterocycles. The third-order valence-electron chi connectivity index (χ3n) is 5.79. The summed E-state index contributed by atoms with van der Waals surface area (Å²) in [5.74, 6) is 0.593. The van der Waals surface area contributed by atoms with Gasteiger partial charge in [0, 0.05) is 12.1 Å². The molecule has 138 valence electrons. The number of nitrogens with zero attached hydrogens (tertiary/aromatic N) is 3. The van der Waals surface area contributed by atoms with Gasteiger partial charge in [0.2, 0.25) is 0 Å². The maximum atomic E-state index is 13.5. The van der Waals surface area contributed by atoms with Crippen LogP contribution in [0.3, 0.4) is 0 Å². The van der Waals surface area contributed by atoms with E-state index < -0.39 is 0 Å². The van der Waals surface area contributed by atoms with E-state index in [1.807, 2.05) is 36.5 Å². The van der Waals surface area contributed by atoms with Gasteiger partial charge in [-0.25, -0.2) is 4.68 Å². The lowest BCUT2D eigenvalue weighted by Crippen LogP contribution is -2.45. The number of hydrogen-bond acceptors (Lipinski definition) is 3. The van der Waals surface area contributed by atoms with Gasteiger partial charge in [-0.3, -0.25) is 4.79 Å². The van der Waals surface area contributed by atoms with E-state index in [2.05, 4.69) is 10.00 Å². The number of methoxy groups -OCH3 is 1. The number of aromatic nitrogens is 2. The largest absolute Gasteiger partial charge is 0.493 e. The van der Waals surface area contributed by atoms with E-state index in [0.29, 0.717) is 23.5 Å². The van der Waals surface area contributed by atoms with E-state index in [0.717, 1.165) is 31.4 Å². The number of para-hydroxylation sites is 1. The lowest BCUT2D eigenvalue weighted by atomic mass is 10.1. The Morgan fingerprint density at radius 1 is 1.04 bits per heavy atom. The van der Waals surface area contributed by atoms with Crippen molar-refractivity contribution in [1.29, 1.82) is 0 Å². The highest BCUT2D eigenvalue weighted by Gasteiger charge is 2.36. The maximum Gasteiger partial charge on any atom is 0.278 e. The molecular weight excluding hydrogens is 326 g/mol. The summed E-state index contributed by atoms with van der Waals surface area (Å²) in [6.07, 6.45) is 11.1. The smallest absolute Gasteiger partial charge is 0.278 e. The number of carbonyl (C=O) groups excluding carboxylic acids is 1. The second-order valence-electron chi connectivity index (χ2n) is 7.42. The molecule has 2 aromatic rings. The molecule has 2 fully saturated rings. The van der Waals surface area contributed by atoms with Crippen LogP contribution in [0.2, 0.25) is 0 Å². The van der Waals surface area contributed by atoms with Crippen molar-refractivity contribution in [2.24, 2.45) is 0 Å². The molecule has 5 heteroatoms.